The highest BCUT2D eigenvalue weighted by Crippen LogP contribution is 2.28. The van der Waals surface area contributed by atoms with Crippen LogP contribution in [-0.2, 0) is 10.8 Å². The van der Waals surface area contributed by atoms with Gasteiger partial charge in [0.05, 0.1) is 10.8 Å². The van der Waals surface area contributed by atoms with Gasteiger partial charge >= 0.3 is 6.18 Å². The van der Waals surface area contributed by atoms with Crippen LogP contribution in [0.2, 0.25) is 0 Å². The second-order valence-corrected chi connectivity index (χ2v) is 7.43. The molecule has 9 heteroatoms. The van der Waals surface area contributed by atoms with E-state index < -0.39 is 34.4 Å². The van der Waals surface area contributed by atoms with Gasteiger partial charge in [0.2, 0.25) is 0 Å². The van der Waals surface area contributed by atoms with Gasteiger partial charge in [-0.1, -0.05) is 12.1 Å². The van der Waals surface area contributed by atoms with Crippen LogP contribution in [0.1, 0.15) is 11.1 Å². The van der Waals surface area contributed by atoms with Crippen LogP contribution >= 0.6 is 0 Å². The van der Waals surface area contributed by atoms with Crippen molar-refractivity contribution >= 4 is 22.3 Å². The van der Waals surface area contributed by atoms with Crippen LogP contribution in [0.4, 0.5) is 27.6 Å². The number of nitrogens with zero attached hydrogens (tertiary/aromatic N) is 2. The largest absolute Gasteiger partial charge is 0.400 e. The number of halogens is 5. The minimum atomic E-state index is -4.62. The summed E-state index contributed by atoms with van der Waals surface area (Å²) in [5.41, 5.74) is 0.211. The normalized spacial score (nSPS) is 13.6. The van der Waals surface area contributed by atoms with Crippen molar-refractivity contribution < 1.29 is 26.2 Å². The van der Waals surface area contributed by atoms with E-state index in [9.17, 15) is 26.2 Å². The van der Waals surface area contributed by atoms with Crippen molar-refractivity contribution in [2.75, 3.05) is 19.8 Å². The van der Waals surface area contributed by atoms with Crippen molar-refractivity contribution in [3.63, 3.8) is 0 Å². The van der Waals surface area contributed by atoms with Crippen LogP contribution in [-0.4, -0.2) is 41.0 Å². The molecule has 0 fully saturated rings. The van der Waals surface area contributed by atoms with Crippen LogP contribution in [0, 0.1) is 18.6 Å². The van der Waals surface area contributed by atoms with E-state index in [1.54, 1.807) is 20.2 Å². The number of aryl methyl sites for hydroxylation is 1. The van der Waals surface area contributed by atoms with Gasteiger partial charge in [-0.2, -0.15) is 13.2 Å². The van der Waals surface area contributed by atoms with E-state index in [-0.39, 0.29) is 22.0 Å². The van der Waals surface area contributed by atoms with E-state index in [1.807, 2.05) is 0 Å². The average molecular weight is 404 g/mol. The third-order valence-corrected chi connectivity index (χ3v) is 5.04. The molecule has 0 aromatic heterocycles. The molecule has 0 spiro atoms. The van der Waals surface area contributed by atoms with Crippen molar-refractivity contribution in [1.29, 1.82) is 0 Å². The van der Waals surface area contributed by atoms with Crippen LogP contribution in [0.5, 0.6) is 0 Å². The van der Waals surface area contributed by atoms with Crippen molar-refractivity contribution in [2.45, 2.75) is 18.0 Å². The number of amidine groups is 1. The summed E-state index contributed by atoms with van der Waals surface area (Å²) in [5.74, 6) is -2.63. The molecule has 0 N–H and O–H groups in total. The molecule has 0 bridgehead atoms. The van der Waals surface area contributed by atoms with Crippen LogP contribution in [0.25, 0.3) is 0 Å². The molecule has 27 heavy (non-hydrogen) atoms. The SMILES string of the molecule is Cc1cc(F)c(N=C(c2cccc(F)c2)N(C)C)cc1S(=O)CC(F)(F)F. The van der Waals surface area contributed by atoms with Gasteiger partial charge in [-0.05, 0) is 36.8 Å². The molecule has 0 heterocycles. The van der Waals surface area contributed by atoms with E-state index in [0.29, 0.717) is 5.56 Å². The predicted octanol–water partition coefficient (Wildman–Crippen LogP) is 4.58. The summed E-state index contributed by atoms with van der Waals surface area (Å²) < 4.78 is 77.5. The highest BCUT2D eigenvalue weighted by Gasteiger charge is 2.31. The summed E-state index contributed by atoms with van der Waals surface area (Å²) >= 11 is 0. The zero-order valence-electron chi connectivity index (χ0n) is 14.8. The maximum atomic E-state index is 14.3. The van der Waals surface area contributed by atoms with Crippen molar-refractivity contribution in [2.24, 2.45) is 4.99 Å². The molecule has 3 nitrogen and oxygen atoms in total. The monoisotopic (exact) mass is 404 g/mol. The fourth-order valence-electron chi connectivity index (χ4n) is 2.36. The fraction of sp³-hybridized carbons (Fsp3) is 0.278. The fourth-order valence-corrected chi connectivity index (χ4v) is 3.48. The molecular formula is C18H17F5N2OS. The van der Waals surface area contributed by atoms with Crippen molar-refractivity contribution in [1.82, 2.24) is 4.90 Å². The highest BCUT2D eigenvalue weighted by molar-refractivity contribution is 7.85. The van der Waals surface area contributed by atoms with Gasteiger partial charge in [0, 0.05) is 24.6 Å². The summed E-state index contributed by atoms with van der Waals surface area (Å²) in [7, 11) is 0.828. The van der Waals surface area contributed by atoms with E-state index >= 15 is 0 Å². The molecule has 1 unspecified atom stereocenters. The maximum Gasteiger partial charge on any atom is 0.400 e. The van der Waals surface area contributed by atoms with Gasteiger partial charge in [0.25, 0.3) is 0 Å². The minimum Gasteiger partial charge on any atom is -0.362 e. The Labute approximate surface area is 156 Å². The molecule has 2 aromatic carbocycles. The van der Waals surface area contributed by atoms with Crippen molar-refractivity contribution in [3.8, 4) is 0 Å². The number of hydrogen-bond donors (Lipinski definition) is 0. The Kier molecular flexibility index (Phi) is 6.35. The smallest absolute Gasteiger partial charge is 0.362 e. The Morgan fingerprint density at radius 2 is 1.81 bits per heavy atom. The van der Waals surface area contributed by atoms with E-state index in [1.165, 1.54) is 30.0 Å². The van der Waals surface area contributed by atoms with Gasteiger partial charge in [-0.3, -0.25) is 4.21 Å². The lowest BCUT2D eigenvalue weighted by Crippen LogP contribution is -2.23. The first-order valence-corrected chi connectivity index (χ1v) is 9.07. The third kappa shape index (κ3) is 5.59. The Hall–Kier alpha value is -2.29. The number of benzene rings is 2. The number of hydrogen-bond acceptors (Lipinski definition) is 2. The molecule has 0 radical (unpaired) electrons. The Balaban J connectivity index is 2.54. The lowest BCUT2D eigenvalue weighted by molar-refractivity contribution is -0.105. The summed E-state index contributed by atoms with van der Waals surface area (Å²) in [6.45, 7) is 1.37. The maximum absolute atomic E-state index is 14.3. The average Bonchev–Trinajstić information content (AvgIpc) is 2.51. The van der Waals surface area contributed by atoms with Gasteiger partial charge in [-0.15, -0.1) is 0 Å². The van der Waals surface area contributed by atoms with Crippen LogP contribution in [0.15, 0.2) is 46.3 Å². The summed E-state index contributed by atoms with van der Waals surface area (Å²) in [5, 5.41) is 0. The molecule has 0 aliphatic carbocycles. The first-order chi connectivity index (χ1) is 12.5. The van der Waals surface area contributed by atoms with Gasteiger partial charge in [0.15, 0.2) is 0 Å². The molecule has 0 amide bonds. The second-order valence-electron chi connectivity index (χ2n) is 6.01. The van der Waals surface area contributed by atoms with Crippen LogP contribution in [0.3, 0.4) is 0 Å². The zero-order chi connectivity index (χ0) is 20.4. The Bertz CT molecular complexity index is 894. The Morgan fingerprint density at radius 3 is 2.37 bits per heavy atom. The second kappa shape index (κ2) is 8.16. The molecular weight excluding hydrogens is 387 g/mol. The lowest BCUT2D eigenvalue weighted by atomic mass is 10.1. The lowest BCUT2D eigenvalue weighted by Gasteiger charge is -2.17. The van der Waals surface area contributed by atoms with E-state index in [4.69, 9.17) is 0 Å². The van der Waals surface area contributed by atoms with Gasteiger partial charge in [-0.25, -0.2) is 13.8 Å². The van der Waals surface area contributed by atoms with Crippen molar-refractivity contribution in [3.05, 3.63) is 59.2 Å². The quantitative estimate of drug-likeness (QED) is 0.424. The molecule has 0 saturated carbocycles. The number of rotatable bonds is 4. The molecule has 2 aromatic rings. The highest BCUT2D eigenvalue weighted by atomic mass is 32.2. The van der Waals surface area contributed by atoms with E-state index in [2.05, 4.69) is 4.99 Å². The molecule has 146 valence electrons. The molecule has 0 saturated heterocycles. The summed E-state index contributed by atoms with van der Waals surface area (Å²) in [6, 6.07) is 7.49. The zero-order valence-corrected chi connectivity index (χ0v) is 15.6. The molecule has 2 rings (SSSR count). The Morgan fingerprint density at radius 1 is 1.15 bits per heavy atom. The number of alkyl halides is 3. The summed E-state index contributed by atoms with van der Waals surface area (Å²) in [6.07, 6.45) is -4.62. The third-order valence-electron chi connectivity index (χ3n) is 3.52. The topological polar surface area (TPSA) is 32.7 Å². The minimum absolute atomic E-state index is 0.131. The molecule has 0 aliphatic heterocycles. The molecule has 0 aliphatic rings. The van der Waals surface area contributed by atoms with E-state index in [0.717, 1.165) is 12.1 Å². The number of aliphatic imine (C=N–C) groups is 1. The molecule has 1 atom stereocenters. The standard InChI is InChI=1S/C18H17F5N2OS/c1-11-7-14(20)15(9-16(11)27(26)10-18(21,22)23)24-17(25(2)3)12-5-4-6-13(19)8-12/h4-9H,10H2,1-3H3. The van der Waals surface area contributed by atoms with Gasteiger partial charge in [0.1, 0.15) is 28.9 Å². The summed E-state index contributed by atoms with van der Waals surface area (Å²) in [4.78, 5) is 5.50. The first-order valence-electron chi connectivity index (χ1n) is 7.75. The van der Waals surface area contributed by atoms with Crippen LogP contribution < -0.4 is 0 Å². The van der Waals surface area contributed by atoms with Gasteiger partial charge < -0.3 is 4.90 Å². The predicted molar refractivity (Wildman–Crippen MR) is 94.8 cm³/mol. The first kappa shape index (κ1) is 21.0.